The molecule has 0 bridgehead atoms. The Bertz CT molecular complexity index is 986. The Morgan fingerprint density at radius 2 is 2.00 bits per heavy atom. The first-order valence-corrected chi connectivity index (χ1v) is 10.8. The summed E-state index contributed by atoms with van der Waals surface area (Å²) in [5, 5.41) is 22.1. The highest BCUT2D eigenvalue weighted by molar-refractivity contribution is 7.97. The van der Waals surface area contributed by atoms with Gasteiger partial charge in [-0.2, -0.15) is 10.5 Å². The van der Waals surface area contributed by atoms with Crippen molar-refractivity contribution in [2.24, 2.45) is 5.41 Å². The molecule has 2 aromatic rings. The summed E-state index contributed by atoms with van der Waals surface area (Å²) in [6.07, 6.45) is 0.427. The predicted octanol–water partition coefficient (Wildman–Crippen LogP) is 4.90. The van der Waals surface area contributed by atoms with Gasteiger partial charge < -0.3 is 10.1 Å². The minimum atomic E-state index is -0.598. The van der Waals surface area contributed by atoms with E-state index in [1.165, 1.54) is 12.1 Å². The largest absolute Gasteiger partial charge is 0.493 e. The number of benzene rings is 2. The van der Waals surface area contributed by atoms with Crippen molar-refractivity contribution in [2.45, 2.75) is 11.3 Å². The summed E-state index contributed by atoms with van der Waals surface area (Å²) in [5.74, 6) is -0.214. The number of halogens is 3. The monoisotopic (exact) mass is 464 g/mol. The summed E-state index contributed by atoms with van der Waals surface area (Å²) in [7, 11) is 0. The molecule has 5 nitrogen and oxygen atoms in total. The number of nitrogens with one attached hydrogen (secondary N) is 1. The van der Waals surface area contributed by atoms with Crippen LogP contribution >= 0.6 is 35.1 Å². The molecular weight excluding hydrogens is 446 g/mol. The first-order chi connectivity index (χ1) is 14.4. The lowest BCUT2D eigenvalue weighted by Crippen LogP contribution is -2.60. The van der Waals surface area contributed by atoms with Crippen LogP contribution in [-0.4, -0.2) is 37.1 Å². The van der Waals surface area contributed by atoms with Crippen molar-refractivity contribution >= 4 is 35.1 Å². The average Bonchev–Trinajstić information content (AvgIpc) is 2.69. The normalized spacial score (nSPS) is 15.1. The van der Waals surface area contributed by atoms with Gasteiger partial charge in [0.1, 0.15) is 17.6 Å². The van der Waals surface area contributed by atoms with Gasteiger partial charge in [-0.1, -0.05) is 23.2 Å². The fourth-order valence-electron chi connectivity index (χ4n) is 3.12. The highest BCUT2D eigenvalue weighted by Crippen LogP contribution is 2.41. The number of hydrogen-bond donors (Lipinski definition) is 1. The van der Waals surface area contributed by atoms with E-state index < -0.39 is 5.82 Å². The van der Waals surface area contributed by atoms with E-state index in [0.29, 0.717) is 41.9 Å². The van der Waals surface area contributed by atoms with Crippen LogP contribution in [0.5, 0.6) is 5.75 Å². The standard InChI is InChI=1S/C21H19Cl2FN4OS/c22-16-3-5-20(18(23)8-16)30-28-12-21(13-28,11-27-7-1-6-25)14-29-17-4-2-15(10-26)19(24)9-17/h2-5,8-9,27H,1,7,11-14H2. The van der Waals surface area contributed by atoms with Crippen molar-refractivity contribution in [2.75, 3.05) is 32.8 Å². The highest BCUT2D eigenvalue weighted by Gasteiger charge is 2.44. The second-order valence-electron chi connectivity index (χ2n) is 7.09. The zero-order chi connectivity index (χ0) is 21.6. The zero-order valence-electron chi connectivity index (χ0n) is 16.0. The van der Waals surface area contributed by atoms with Crippen molar-refractivity contribution < 1.29 is 9.13 Å². The zero-order valence-corrected chi connectivity index (χ0v) is 18.3. The van der Waals surface area contributed by atoms with E-state index in [1.807, 2.05) is 6.07 Å². The third-order valence-electron chi connectivity index (χ3n) is 4.66. The quantitative estimate of drug-likeness (QED) is 0.420. The molecule has 156 valence electrons. The van der Waals surface area contributed by atoms with E-state index in [9.17, 15) is 4.39 Å². The molecule has 3 rings (SSSR count). The number of nitriles is 2. The van der Waals surface area contributed by atoms with Crippen LogP contribution in [-0.2, 0) is 0 Å². The molecule has 0 radical (unpaired) electrons. The Hall–Kier alpha value is -2.00. The highest BCUT2D eigenvalue weighted by atomic mass is 35.5. The lowest BCUT2D eigenvalue weighted by Gasteiger charge is -2.49. The number of rotatable bonds is 9. The molecule has 2 aromatic carbocycles. The topological polar surface area (TPSA) is 72.1 Å². The maximum atomic E-state index is 13.8. The van der Waals surface area contributed by atoms with E-state index in [-0.39, 0.29) is 11.0 Å². The SMILES string of the molecule is N#CCCNCC1(COc2ccc(C#N)c(F)c2)CN(Sc2ccc(Cl)cc2Cl)C1. The van der Waals surface area contributed by atoms with E-state index in [2.05, 4.69) is 15.7 Å². The van der Waals surface area contributed by atoms with Gasteiger partial charge >= 0.3 is 0 Å². The molecule has 1 N–H and O–H groups in total. The lowest BCUT2D eigenvalue weighted by molar-refractivity contribution is 0.0260. The van der Waals surface area contributed by atoms with Gasteiger partial charge in [0.2, 0.25) is 0 Å². The molecule has 0 unspecified atom stereocenters. The minimum absolute atomic E-state index is 0.0127. The van der Waals surface area contributed by atoms with Gasteiger partial charge in [0, 0.05) is 54.0 Å². The molecule has 1 heterocycles. The predicted molar refractivity (Wildman–Crippen MR) is 116 cm³/mol. The van der Waals surface area contributed by atoms with Gasteiger partial charge in [-0.05, 0) is 42.3 Å². The summed E-state index contributed by atoms with van der Waals surface area (Å²) in [5.41, 5.74) is -0.201. The molecule has 0 aliphatic carbocycles. The molecule has 30 heavy (non-hydrogen) atoms. The van der Waals surface area contributed by atoms with Crippen LogP contribution in [0.15, 0.2) is 41.3 Å². The lowest BCUT2D eigenvalue weighted by atomic mass is 9.82. The summed E-state index contributed by atoms with van der Waals surface area (Å²) in [6.45, 7) is 3.10. The fraction of sp³-hybridized carbons (Fsp3) is 0.333. The number of ether oxygens (including phenoxy) is 1. The van der Waals surface area contributed by atoms with Crippen LogP contribution < -0.4 is 10.1 Å². The molecule has 1 saturated heterocycles. The van der Waals surface area contributed by atoms with E-state index in [4.69, 9.17) is 38.5 Å². The van der Waals surface area contributed by atoms with Gasteiger partial charge in [0.05, 0.1) is 23.3 Å². The van der Waals surface area contributed by atoms with Gasteiger partial charge in [0.15, 0.2) is 0 Å². The third kappa shape index (κ3) is 5.78. The van der Waals surface area contributed by atoms with E-state index in [1.54, 1.807) is 36.2 Å². The molecule has 1 aliphatic heterocycles. The first-order valence-electron chi connectivity index (χ1n) is 9.23. The Morgan fingerprint density at radius 3 is 2.67 bits per heavy atom. The molecule has 9 heteroatoms. The average molecular weight is 465 g/mol. The summed E-state index contributed by atoms with van der Waals surface area (Å²) >= 11 is 13.8. The van der Waals surface area contributed by atoms with Crippen LogP contribution in [0.25, 0.3) is 0 Å². The van der Waals surface area contributed by atoms with Crippen molar-refractivity contribution in [1.29, 1.82) is 10.5 Å². The molecule has 0 saturated carbocycles. The van der Waals surface area contributed by atoms with Gasteiger partial charge in [-0.15, -0.1) is 0 Å². The van der Waals surface area contributed by atoms with Gasteiger partial charge in [0.25, 0.3) is 0 Å². The summed E-state index contributed by atoms with van der Waals surface area (Å²) < 4.78 is 21.9. The summed E-state index contributed by atoms with van der Waals surface area (Å²) in [6, 6.07) is 13.5. The molecule has 0 spiro atoms. The molecule has 1 fully saturated rings. The van der Waals surface area contributed by atoms with Crippen LogP contribution in [0.2, 0.25) is 10.0 Å². The minimum Gasteiger partial charge on any atom is -0.493 e. The van der Waals surface area contributed by atoms with E-state index in [0.717, 1.165) is 18.0 Å². The molecule has 1 aliphatic rings. The third-order valence-corrected chi connectivity index (χ3v) is 6.39. The summed E-state index contributed by atoms with van der Waals surface area (Å²) in [4.78, 5) is 0.919. The molecular formula is C21H19Cl2FN4OS. The van der Waals surface area contributed by atoms with Crippen molar-refractivity contribution in [3.8, 4) is 17.9 Å². The van der Waals surface area contributed by atoms with Crippen molar-refractivity contribution in [3.63, 3.8) is 0 Å². The van der Waals surface area contributed by atoms with Crippen LogP contribution in [0.3, 0.4) is 0 Å². The Labute approximate surface area is 189 Å². The van der Waals surface area contributed by atoms with Crippen LogP contribution in [0.4, 0.5) is 4.39 Å². The van der Waals surface area contributed by atoms with Crippen molar-refractivity contribution in [1.82, 2.24) is 9.62 Å². The smallest absolute Gasteiger partial charge is 0.144 e. The van der Waals surface area contributed by atoms with Crippen LogP contribution in [0, 0.1) is 33.9 Å². The molecule has 0 aromatic heterocycles. The van der Waals surface area contributed by atoms with Gasteiger partial charge in [-0.3, -0.25) is 0 Å². The number of nitrogens with zero attached hydrogens (tertiary/aromatic N) is 3. The van der Waals surface area contributed by atoms with Crippen LogP contribution in [0.1, 0.15) is 12.0 Å². The first kappa shape index (κ1) is 22.7. The Kier molecular flexibility index (Phi) is 7.82. The molecule has 0 amide bonds. The Morgan fingerprint density at radius 1 is 1.20 bits per heavy atom. The maximum Gasteiger partial charge on any atom is 0.144 e. The maximum absolute atomic E-state index is 13.8. The fourth-order valence-corrected chi connectivity index (χ4v) is 4.86. The van der Waals surface area contributed by atoms with E-state index >= 15 is 0 Å². The second kappa shape index (κ2) is 10.3. The number of hydrogen-bond acceptors (Lipinski definition) is 6. The second-order valence-corrected chi connectivity index (χ2v) is 9.07. The van der Waals surface area contributed by atoms with Gasteiger partial charge in [-0.25, -0.2) is 8.70 Å². The molecule has 0 atom stereocenters. The van der Waals surface area contributed by atoms with Crippen molar-refractivity contribution in [3.05, 3.63) is 57.8 Å². The Balaban J connectivity index is 1.62.